The van der Waals surface area contributed by atoms with E-state index < -0.39 is 0 Å². The minimum atomic E-state index is 0.122. The molecular weight excluding hydrogens is 532 g/mol. The number of carbonyl (C=O) groups excluding carboxylic acids is 1. The van der Waals surface area contributed by atoms with Gasteiger partial charge in [0.25, 0.3) is 5.91 Å². The molecule has 3 aliphatic heterocycles. The molecule has 2 N–H and O–H groups in total. The van der Waals surface area contributed by atoms with Crippen LogP contribution in [0.4, 0.5) is 5.69 Å². The van der Waals surface area contributed by atoms with Crippen molar-refractivity contribution in [3.63, 3.8) is 0 Å². The Morgan fingerprint density at radius 3 is 2.60 bits per heavy atom. The Hall–Kier alpha value is -3.71. The van der Waals surface area contributed by atoms with Crippen LogP contribution in [-0.2, 0) is 0 Å². The SMILES string of the molecule is CCC1=CCC=C(c2ccccn2)N=C1Nc1ccc2[nH]c(C(=O)N3CCCC(CC4CCN(CC)CC4)CC3)cc2c1. The summed E-state index contributed by atoms with van der Waals surface area (Å²) in [5.74, 6) is 2.57. The molecule has 43 heavy (non-hydrogen) atoms. The van der Waals surface area contributed by atoms with Gasteiger partial charge in [0.05, 0.1) is 11.4 Å². The van der Waals surface area contributed by atoms with Crippen molar-refractivity contribution in [1.29, 1.82) is 0 Å². The van der Waals surface area contributed by atoms with Gasteiger partial charge in [0.2, 0.25) is 0 Å². The number of amides is 1. The Morgan fingerprint density at radius 2 is 1.81 bits per heavy atom. The van der Waals surface area contributed by atoms with Crippen LogP contribution in [0, 0.1) is 11.8 Å². The van der Waals surface area contributed by atoms with Crippen LogP contribution in [0.15, 0.2) is 71.4 Å². The van der Waals surface area contributed by atoms with E-state index in [0.29, 0.717) is 5.69 Å². The number of likely N-dealkylation sites (tertiary alicyclic amines) is 2. The van der Waals surface area contributed by atoms with E-state index in [0.717, 1.165) is 84.4 Å². The second-order valence-electron chi connectivity index (χ2n) is 12.4. The van der Waals surface area contributed by atoms with Gasteiger partial charge in [0.1, 0.15) is 11.5 Å². The molecule has 1 unspecified atom stereocenters. The molecule has 3 aromatic rings. The fourth-order valence-corrected chi connectivity index (χ4v) is 6.99. The molecule has 226 valence electrons. The fraction of sp³-hybridized carbons (Fsp3) is 0.472. The van der Waals surface area contributed by atoms with Crippen LogP contribution in [-0.4, -0.2) is 64.2 Å². The summed E-state index contributed by atoms with van der Waals surface area (Å²) in [6, 6.07) is 14.1. The summed E-state index contributed by atoms with van der Waals surface area (Å²) in [6.07, 6.45) is 15.3. The molecule has 1 amide bonds. The minimum Gasteiger partial charge on any atom is -0.351 e. The highest BCUT2D eigenvalue weighted by atomic mass is 16.2. The number of piperidine rings is 1. The number of rotatable bonds is 7. The highest BCUT2D eigenvalue weighted by Crippen LogP contribution is 2.31. The third-order valence-electron chi connectivity index (χ3n) is 9.59. The number of hydrogen-bond acceptors (Lipinski definition) is 5. The molecular formula is C36H46N6O. The number of nitrogens with zero attached hydrogens (tertiary/aromatic N) is 4. The lowest BCUT2D eigenvalue weighted by atomic mass is 9.84. The Morgan fingerprint density at radius 1 is 0.977 bits per heavy atom. The highest BCUT2D eigenvalue weighted by molar-refractivity contribution is 6.11. The molecule has 2 fully saturated rings. The summed E-state index contributed by atoms with van der Waals surface area (Å²) in [5, 5.41) is 4.59. The molecule has 7 nitrogen and oxygen atoms in total. The van der Waals surface area contributed by atoms with Gasteiger partial charge in [-0.2, -0.15) is 0 Å². The second-order valence-corrected chi connectivity index (χ2v) is 12.4. The maximum Gasteiger partial charge on any atom is 0.270 e. The Bertz CT molecular complexity index is 1490. The van der Waals surface area contributed by atoms with Crippen LogP contribution in [0.1, 0.15) is 81.4 Å². The first-order valence-corrected chi connectivity index (χ1v) is 16.4. The summed E-state index contributed by atoms with van der Waals surface area (Å²) in [6.45, 7) is 9.82. The van der Waals surface area contributed by atoms with Gasteiger partial charge < -0.3 is 20.1 Å². The maximum atomic E-state index is 13.6. The van der Waals surface area contributed by atoms with Crippen molar-refractivity contribution < 1.29 is 4.79 Å². The van der Waals surface area contributed by atoms with Gasteiger partial charge in [0, 0.05) is 35.9 Å². The fourth-order valence-electron chi connectivity index (χ4n) is 6.99. The molecule has 3 aliphatic rings. The molecule has 7 heteroatoms. The number of nitrogens with one attached hydrogen (secondary N) is 2. The van der Waals surface area contributed by atoms with Crippen LogP contribution < -0.4 is 5.32 Å². The van der Waals surface area contributed by atoms with Crippen molar-refractivity contribution in [1.82, 2.24) is 19.8 Å². The lowest BCUT2D eigenvalue weighted by Gasteiger charge is -2.32. The van der Waals surface area contributed by atoms with Gasteiger partial charge >= 0.3 is 0 Å². The van der Waals surface area contributed by atoms with E-state index in [1.54, 1.807) is 6.20 Å². The molecule has 2 saturated heterocycles. The molecule has 1 atom stereocenters. The topological polar surface area (TPSA) is 76.6 Å². The summed E-state index contributed by atoms with van der Waals surface area (Å²) < 4.78 is 0. The molecule has 1 aromatic carbocycles. The molecule has 2 aromatic heterocycles. The van der Waals surface area contributed by atoms with E-state index in [2.05, 4.69) is 69.3 Å². The zero-order valence-corrected chi connectivity index (χ0v) is 25.8. The maximum absolute atomic E-state index is 13.6. The number of aliphatic imine (C=N–C) groups is 1. The van der Waals surface area contributed by atoms with Crippen LogP contribution >= 0.6 is 0 Å². The number of pyridine rings is 1. The summed E-state index contributed by atoms with van der Waals surface area (Å²) in [5.41, 5.74) is 5.53. The Balaban J connectivity index is 1.11. The molecule has 0 saturated carbocycles. The second kappa shape index (κ2) is 13.7. The first kappa shape index (κ1) is 29.4. The summed E-state index contributed by atoms with van der Waals surface area (Å²) >= 11 is 0. The number of H-pyrrole nitrogens is 1. The predicted octanol–water partition coefficient (Wildman–Crippen LogP) is 7.52. The number of hydrogen-bond donors (Lipinski definition) is 2. The smallest absolute Gasteiger partial charge is 0.270 e. The van der Waals surface area contributed by atoms with Gasteiger partial charge in [0.15, 0.2) is 0 Å². The van der Waals surface area contributed by atoms with E-state index in [-0.39, 0.29) is 5.91 Å². The van der Waals surface area contributed by atoms with Crippen molar-refractivity contribution in [2.75, 3.05) is 38.0 Å². The molecule has 0 bridgehead atoms. The largest absolute Gasteiger partial charge is 0.351 e. The highest BCUT2D eigenvalue weighted by Gasteiger charge is 2.26. The van der Waals surface area contributed by atoms with Crippen LogP contribution in [0.2, 0.25) is 0 Å². The zero-order chi connectivity index (χ0) is 29.6. The van der Waals surface area contributed by atoms with E-state index >= 15 is 0 Å². The Labute approximate surface area is 256 Å². The lowest BCUT2D eigenvalue weighted by Crippen LogP contribution is -2.34. The van der Waals surface area contributed by atoms with E-state index in [1.807, 2.05) is 24.3 Å². The predicted molar refractivity (Wildman–Crippen MR) is 177 cm³/mol. The first-order chi connectivity index (χ1) is 21.1. The third-order valence-corrected chi connectivity index (χ3v) is 9.59. The van der Waals surface area contributed by atoms with Gasteiger partial charge in [-0.05, 0) is 125 Å². The van der Waals surface area contributed by atoms with E-state index in [1.165, 1.54) is 50.9 Å². The number of allylic oxidation sites excluding steroid dienone is 2. The van der Waals surface area contributed by atoms with Crippen molar-refractivity contribution >= 4 is 34.0 Å². The number of aromatic amines is 1. The zero-order valence-electron chi connectivity index (χ0n) is 25.8. The summed E-state index contributed by atoms with van der Waals surface area (Å²) in [7, 11) is 0. The van der Waals surface area contributed by atoms with Gasteiger partial charge in [-0.3, -0.25) is 9.78 Å². The number of anilines is 1. The van der Waals surface area contributed by atoms with Crippen LogP contribution in [0.5, 0.6) is 0 Å². The molecule has 0 radical (unpaired) electrons. The third kappa shape index (κ3) is 7.10. The number of carbonyl (C=O) groups is 1. The molecule has 0 aliphatic carbocycles. The number of aromatic nitrogens is 2. The van der Waals surface area contributed by atoms with E-state index in [9.17, 15) is 4.79 Å². The van der Waals surface area contributed by atoms with Gasteiger partial charge in [-0.1, -0.05) is 32.1 Å². The monoisotopic (exact) mass is 578 g/mol. The molecule has 5 heterocycles. The summed E-state index contributed by atoms with van der Waals surface area (Å²) in [4.78, 5) is 31.2. The van der Waals surface area contributed by atoms with Gasteiger partial charge in [-0.25, -0.2) is 4.99 Å². The van der Waals surface area contributed by atoms with Crippen molar-refractivity contribution in [3.05, 3.63) is 77.8 Å². The molecule has 0 spiro atoms. The standard InChI is InChI=1S/C36H46N6O/c1-3-28-10-7-12-33(32-11-5-6-18-37-32)40-35(28)38-30-13-14-31-29(24-30)25-34(39-31)36(43)42-19-8-9-26(17-22-42)23-27-15-20-41(4-2)21-16-27/h5-6,10-14,18,24-27,39H,3-4,7-9,15-17,19-23H2,1-2H3,(H,38,40). The number of amidine groups is 1. The Kier molecular flexibility index (Phi) is 9.37. The average molecular weight is 579 g/mol. The minimum absolute atomic E-state index is 0.122. The van der Waals surface area contributed by atoms with Crippen molar-refractivity contribution in [3.8, 4) is 0 Å². The number of fused-ring (bicyclic) bond motifs is 1. The van der Waals surface area contributed by atoms with Crippen LogP contribution in [0.3, 0.4) is 0 Å². The quantitative estimate of drug-likeness (QED) is 0.304. The van der Waals surface area contributed by atoms with Crippen molar-refractivity contribution in [2.24, 2.45) is 16.8 Å². The van der Waals surface area contributed by atoms with Crippen molar-refractivity contribution in [2.45, 2.75) is 65.2 Å². The van der Waals surface area contributed by atoms with Gasteiger partial charge in [-0.15, -0.1) is 0 Å². The average Bonchev–Trinajstić information content (AvgIpc) is 3.18. The van der Waals surface area contributed by atoms with Crippen LogP contribution in [0.25, 0.3) is 16.6 Å². The molecule has 6 rings (SSSR count). The lowest BCUT2D eigenvalue weighted by molar-refractivity contribution is 0.0754. The number of benzene rings is 1. The normalized spacial score (nSPS) is 20.7. The van der Waals surface area contributed by atoms with E-state index in [4.69, 9.17) is 4.99 Å². The first-order valence-electron chi connectivity index (χ1n) is 16.4.